The van der Waals surface area contributed by atoms with Gasteiger partial charge in [0.25, 0.3) is 0 Å². The van der Waals surface area contributed by atoms with Crippen molar-refractivity contribution in [2.24, 2.45) is 0 Å². The normalized spacial score (nSPS) is 10.4. The lowest BCUT2D eigenvalue weighted by atomic mass is 10.0. The van der Waals surface area contributed by atoms with Crippen LogP contribution in [-0.4, -0.2) is 5.78 Å². The van der Waals surface area contributed by atoms with Gasteiger partial charge in [0.05, 0.1) is 10.0 Å². The van der Waals surface area contributed by atoms with E-state index in [2.05, 4.69) is 15.9 Å². The first-order valence-electron chi connectivity index (χ1n) is 5.04. The Morgan fingerprint density at radius 2 is 1.72 bits per heavy atom. The fourth-order valence-corrected chi connectivity index (χ4v) is 1.86. The molecule has 0 radical (unpaired) electrons. The molecular formula is C13H8BrF2NO. The molecule has 0 aliphatic heterocycles. The van der Waals surface area contributed by atoms with Gasteiger partial charge in [-0.3, -0.25) is 4.79 Å². The van der Waals surface area contributed by atoms with E-state index in [1.807, 2.05) is 0 Å². The smallest absolute Gasteiger partial charge is 0.198 e. The van der Waals surface area contributed by atoms with Crippen LogP contribution >= 0.6 is 15.9 Å². The molecule has 2 aromatic carbocycles. The minimum Gasteiger partial charge on any atom is -0.398 e. The van der Waals surface area contributed by atoms with E-state index in [1.54, 1.807) is 12.1 Å². The van der Waals surface area contributed by atoms with Crippen molar-refractivity contribution in [3.63, 3.8) is 0 Å². The highest BCUT2D eigenvalue weighted by molar-refractivity contribution is 9.10. The number of hydrogen-bond acceptors (Lipinski definition) is 2. The maximum Gasteiger partial charge on any atom is 0.198 e. The number of nitrogen functional groups attached to an aromatic ring is 1. The SMILES string of the molecule is Nc1ccccc1C(=O)c1cc(F)c(Br)cc1F. The van der Waals surface area contributed by atoms with Gasteiger partial charge in [0.2, 0.25) is 0 Å². The Balaban J connectivity index is 2.53. The Bertz CT molecular complexity index is 628. The van der Waals surface area contributed by atoms with Gasteiger partial charge in [-0.15, -0.1) is 0 Å². The summed E-state index contributed by atoms with van der Waals surface area (Å²) in [5, 5.41) is 0. The molecule has 0 saturated heterocycles. The third-order valence-corrected chi connectivity index (χ3v) is 3.07. The summed E-state index contributed by atoms with van der Waals surface area (Å²) in [5.41, 5.74) is 5.67. The largest absolute Gasteiger partial charge is 0.398 e. The number of ketones is 1. The summed E-state index contributed by atoms with van der Waals surface area (Å²) in [6, 6.07) is 8.04. The van der Waals surface area contributed by atoms with Crippen LogP contribution in [0.25, 0.3) is 0 Å². The van der Waals surface area contributed by atoms with Crippen molar-refractivity contribution in [1.82, 2.24) is 0 Å². The molecule has 0 aromatic heterocycles. The number of carbonyl (C=O) groups excluding carboxylic acids is 1. The second kappa shape index (κ2) is 4.86. The van der Waals surface area contributed by atoms with E-state index in [4.69, 9.17) is 5.73 Å². The molecule has 2 nitrogen and oxygen atoms in total. The number of rotatable bonds is 2. The van der Waals surface area contributed by atoms with Crippen LogP contribution in [-0.2, 0) is 0 Å². The van der Waals surface area contributed by atoms with Gasteiger partial charge < -0.3 is 5.73 Å². The number of nitrogens with two attached hydrogens (primary N) is 1. The summed E-state index contributed by atoms with van der Waals surface area (Å²) >= 11 is 2.85. The van der Waals surface area contributed by atoms with Crippen molar-refractivity contribution in [2.75, 3.05) is 5.73 Å². The first-order chi connectivity index (χ1) is 8.50. The van der Waals surface area contributed by atoms with Crippen LogP contribution in [0.2, 0.25) is 0 Å². The van der Waals surface area contributed by atoms with Crippen molar-refractivity contribution in [3.05, 3.63) is 63.6 Å². The molecule has 0 fully saturated rings. The lowest BCUT2D eigenvalue weighted by Gasteiger charge is -2.06. The van der Waals surface area contributed by atoms with Gasteiger partial charge in [-0.1, -0.05) is 12.1 Å². The zero-order chi connectivity index (χ0) is 13.3. The molecule has 0 saturated carbocycles. The Labute approximate surface area is 111 Å². The average Bonchev–Trinajstić information content (AvgIpc) is 2.33. The molecule has 2 rings (SSSR count). The second-order valence-corrected chi connectivity index (χ2v) is 4.52. The Hall–Kier alpha value is -1.75. The van der Waals surface area contributed by atoms with E-state index in [1.165, 1.54) is 12.1 Å². The van der Waals surface area contributed by atoms with Crippen LogP contribution in [0.3, 0.4) is 0 Å². The fraction of sp³-hybridized carbons (Fsp3) is 0. The van der Waals surface area contributed by atoms with Gasteiger partial charge in [0.1, 0.15) is 11.6 Å². The zero-order valence-corrected chi connectivity index (χ0v) is 10.7. The molecule has 0 atom stereocenters. The molecule has 18 heavy (non-hydrogen) atoms. The third kappa shape index (κ3) is 2.26. The minimum absolute atomic E-state index is 0.0300. The van der Waals surface area contributed by atoms with E-state index in [9.17, 15) is 13.6 Å². The molecule has 2 aromatic rings. The second-order valence-electron chi connectivity index (χ2n) is 3.66. The van der Waals surface area contributed by atoms with Gasteiger partial charge in [0, 0.05) is 11.3 Å². The summed E-state index contributed by atoms with van der Waals surface area (Å²) < 4.78 is 26.9. The lowest BCUT2D eigenvalue weighted by molar-refractivity contribution is 0.103. The zero-order valence-electron chi connectivity index (χ0n) is 9.08. The molecule has 0 unspecified atom stereocenters. The molecule has 0 spiro atoms. The minimum atomic E-state index is -0.795. The van der Waals surface area contributed by atoms with Gasteiger partial charge in [-0.25, -0.2) is 8.78 Å². The highest BCUT2D eigenvalue weighted by Gasteiger charge is 2.18. The summed E-state index contributed by atoms with van der Waals surface area (Å²) in [6.07, 6.45) is 0. The molecule has 0 aliphatic carbocycles. The van der Waals surface area contributed by atoms with Crippen molar-refractivity contribution >= 4 is 27.4 Å². The van der Waals surface area contributed by atoms with E-state index in [0.717, 1.165) is 12.1 Å². The number of carbonyl (C=O) groups is 1. The summed E-state index contributed by atoms with van der Waals surface area (Å²) in [7, 11) is 0. The van der Waals surface area contributed by atoms with Crippen LogP contribution in [0.5, 0.6) is 0 Å². The summed E-state index contributed by atoms with van der Waals surface area (Å²) in [4.78, 5) is 12.0. The molecule has 0 bridgehead atoms. The van der Waals surface area contributed by atoms with Crippen LogP contribution in [0.15, 0.2) is 40.9 Å². The van der Waals surface area contributed by atoms with Gasteiger partial charge in [-0.2, -0.15) is 0 Å². The van der Waals surface area contributed by atoms with Crippen LogP contribution in [0.4, 0.5) is 14.5 Å². The van der Waals surface area contributed by atoms with Crippen molar-refractivity contribution < 1.29 is 13.6 Å². The molecular weight excluding hydrogens is 304 g/mol. The van der Waals surface area contributed by atoms with Crippen LogP contribution in [0, 0.1) is 11.6 Å². The summed E-state index contributed by atoms with van der Waals surface area (Å²) in [6.45, 7) is 0. The first-order valence-corrected chi connectivity index (χ1v) is 5.83. The Morgan fingerprint density at radius 1 is 1.06 bits per heavy atom. The predicted octanol–water partition coefficient (Wildman–Crippen LogP) is 3.54. The van der Waals surface area contributed by atoms with Gasteiger partial charge >= 0.3 is 0 Å². The molecule has 2 N–H and O–H groups in total. The maximum atomic E-state index is 13.6. The highest BCUT2D eigenvalue weighted by atomic mass is 79.9. The van der Waals surface area contributed by atoms with E-state index in [-0.39, 0.29) is 21.3 Å². The number of halogens is 3. The van der Waals surface area contributed by atoms with Gasteiger partial charge in [-0.05, 0) is 40.2 Å². The van der Waals surface area contributed by atoms with Gasteiger partial charge in [0.15, 0.2) is 5.78 Å². The number of anilines is 1. The standard InChI is InChI=1S/C13H8BrF2NO/c14-9-6-10(15)8(5-11(9)16)13(18)7-3-1-2-4-12(7)17/h1-6H,17H2. The summed E-state index contributed by atoms with van der Waals surface area (Å²) in [5.74, 6) is -2.14. The lowest BCUT2D eigenvalue weighted by Crippen LogP contribution is -2.08. The molecule has 0 heterocycles. The third-order valence-electron chi connectivity index (χ3n) is 2.46. The fourth-order valence-electron chi connectivity index (χ4n) is 1.55. The van der Waals surface area contributed by atoms with Crippen molar-refractivity contribution in [3.8, 4) is 0 Å². The molecule has 92 valence electrons. The monoisotopic (exact) mass is 311 g/mol. The quantitative estimate of drug-likeness (QED) is 0.523. The van der Waals surface area contributed by atoms with Crippen LogP contribution < -0.4 is 5.73 Å². The molecule has 5 heteroatoms. The Morgan fingerprint density at radius 3 is 2.39 bits per heavy atom. The number of hydrogen-bond donors (Lipinski definition) is 1. The first kappa shape index (κ1) is 12.7. The molecule has 0 amide bonds. The predicted molar refractivity (Wildman–Crippen MR) is 68.3 cm³/mol. The number of benzene rings is 2. The van der Waals surface area contributed by atoms with Crippen molar-refractivity contribution in [2.45, 2.75) is 0 Å². The van der Waals surface area contributed by atoms with Crippen LogP contribution in [0.1, 0.15) is 15.9 Å². The van der Waals surface area contributed by atoms with Crippen molar-refractivity contribution in [1.29, 1.82) is 0 Å². The Kier molecular flexibility index (Phi) is 3.43. The average molecular weight is 312 g/mol. The highest BCUT2D eigenvalue weighted by Crippen LogP contribution is 2.23. The van der Waals surface area contributed by atoms with E-state index >= 15 is 0 Å². The van der Waals surface area contributed by atoms with E-state index in [0.29, 0.717) is 0 Å². The molecule has 0 aliphatic rings. The van der Waals surface area contributed by atoms with E-state index < -0.39 is 17.4 Å². The topological polar surface area (TPSA) is 43.1 Å². The maximum absolute atomic E-state index is 13.6. The number of para-hydroxylation sites is 1.